The molecule has 3 N–H and O–H groups in total. The summed E-state index contributed by atoms with van der Waals surface area (Å²) >= 11 is 0.832. The quantitative estimate of drug-likeness (QED) is 0.704. The summed E-state index contributed by atoms with van der Waals surface area (Å²) in [6, 6.07) is -0.215. The number of rotatable bonds is 6. The Bertz CT molecular complexity index is 596. The lowest BCUT2D eigenvalue weighted by Crippen LogP contribution is -2.43. The van der Waals surface area contributed by atoms with E-state index in [1.807, 2.05) is 0 Å². The number of nitrogens with one attached hydrogen (secondary N) is 1. The molecule has 1 aliphatic rings. The molecule has 1 amide bonds. The van der Waals surface area contributed by atoms with Gasteiger partial charge in [0.15, 0.2) is 0 Å². The number of aromatic nitrogens is 2. The maximum atomic E-state index is 12.4. The van der Waals surface area contributed by atoms with E-state index < -0.39 is 10.0 Å². The van der Waals surface area contributed by atoms with Crippen molar-refractivity contribution < 1.29 is 13.2 Å². The van der Waals surface area contributed by atoms with E-state index in [9.17, 15) is 13.2 Å². The van der Waals surface area contributed by atoms with Crippen LogP contribution in [0.15, 0.2) is 4.34 Å². The molecule has 1 saturated carbocycles. The second-order valence-corrected chi connectivity index (χ2v) is 7.86. The minimum absolute atomic E-state index is 0.136. The van der Waals surface area contributed by atoms with Gasteiger partial charge in [0.2, 0.25) is 15.4 Å². The van der Waals surface area contributed by atoms with Crippen molar-refractivity contribution in [1.82, 2.24) is 14.5 Å². The third-order valence-corrected chi connectivity index (χ3v) is 6.23. The molecule has 1 aliphatic carbocycles. The molecule has 0 spiro atoms. The number of anilines is 1. The number of hydrogen-bond acceptors (Lipinski definition) is 7. The molecule has 2 rings (SSSR count). The monoisotopic (exact) mass is 319 g/mol. The van der Waals surface area contributed by atoms with Crippen LogP contribution in [0.5, 0.6) is 0 Å². The van der Waals surface area contributed by atoms with Gasteiger partial charge in [-0.15, -0.1) is 10.2 Å². The number of likely N-dealkylation sites (N-methyl/N-ethyl adjacent to an activating group) is 1. The van der Waals surface area contributed by atoms with Gasteiger partial charge in [0.1, 0.15) is 0 Å². The van der Waals surface area contributed by atoms with Crippen molar-refractivity contribution in [1.29, 1.82) is 0 Å². The average Bonchev–Trinajstić information content (AvgIpc) is 3.08. The highest BCUT2D eigenvalue weighted by molar-refractivity contribution is 7.91. The van der Waals surface area contributed by atoms with Crippen LogP contribution in [0.25, 0.3) is 0 Å². The van der Waals surface area contributed by atoms with Crippen LogP contribution in [-0.2, 0) is 14.8 Å². The van der Waals surface area contributed by atoms with E-state index in [4.69, 9.17) is 5.73 Å². The minimum atomic E-state index is -3.72. The molecule has 112 valence electrons. The van der Waals surface area contributed by atoms with E-state index in [0.29, 0.717) is 5.92 Å². The van der Waals surface area contributed by atoms with Gasteiger partial charge in [0, 0.05) is 26.6 Å². The summed E-state index contributed by atoms with van der Waals surface area (Å²) in [5, 5.41) is 9.87. The number of nitrogens with zero attached hydrogens (tertiary/aromatic N) is 3. The molecule has 8 nitrogen and oxygen atoms in total. The first-order valence-electron chi connectivity index (χ1n) is 6.15. The lowest BCUT2D eigenvalue weighted by molar-refractivity contribution is -0.114. The van der Waals surface area contributed by atoms with Crippen molar-refractivity contribution in [3.8, 4) is 0 Å². The van der Waals surface area contributed by atoms with E-state index in [0.717, 1.165) is 24.2 Å². The predicted molar refractivity (Wildman–Crippen MR) is 74.7 cm³/mol. The molecule has 0 aromatic carbocycles. The second kappa shape index (κ2) is 5.72. The summed E-state index contributed by atoms with van der Waals surface area (Å²) in [5.41, 5.74) is 5.66. The summed E-state index contributed by atoms with van der Waals surface area (Å²) < 4.78 is 26.0. The zero-order valence-electron chi connectivity index (χ0n) is 11.2. The number of nitrogens with two attached hydrogens (primary N) is 1. The lowest BCUT2D eigenvalue weighted by Gasteiger charge is -2.24. The van der Waals surface area contributed by atoms with Crippen molar-refractivity contribution in [2.45, 2.75) is 30.1 Å². The molecule has 1 aromatic rings. The molecule has 0 saturated heterocycles. The highest BCUT2D eigenvalue weighted by atomic mass is 32.2. The first-order valence-corrected chi connectivity index (χ1v) is 8.41. The zero-order valence-corrected chi connectivity index (χ0v) is 12.9. The highest BCUT2D eigenvalue weighted by Gasteiger charge is 2.39. The fourth-order valence-corrected chi connectivity index (χ4v) is 4.47. The topological polar surface area (TPSA) is 118 Å². The molecule has 1 aromatic heterocycles. The number of amides is 1. The summed E-state index contributed by atoms with van der Waals surface area (Å²) in [7, 11) is -2.22. The third kappa shape index (κ3) is 3.14. The van der Waals surface area contributed by atoms with Crippen LogP contribution in [0.1, 0.15) is 19.8 Å². The van der Waals surface area contributed by atoms with Crippen LogP contribution in [0.4, 0.5) is 5.13 Å². The van der Waals surface area contributed by atoms with Crippen LogP contribution >= 0.6 is 11.3 Å². The fraction of sp³-hybridized carbons (Fsp3) is 0.700. The summed E-state index contributed by atoms with van der Waals surface area (Å²) in [5.74, 6) is -0.00113. The molecule has 1 unspecified atom stereocenters. The zero-order chi connectivity index (χ0) is 14.9. The SMILES string of the molecule is CC(=O)Nc1nnc(S(=O)(=O)N(C)C(CN)C2CC2)s1. The fourth-order valence-electron chi connectivity index (χ4n) is 1.94. The van der Waals surface area contributed by atoms with Gasteiger partial charge >= 0.3 is 0 Å². The minimum Gasteiger partial charge on any atom is -0.329 e. The Labute approximate surface area is 121 Å². The van der Waals surface area contributed by atoms with E-state index in [1.54, 1.807) is 0 Å². The van der Waals surface area contributed by atoms with Crippen LogP contribution in [-0.4, -0.2) is 48.5 Å². The molecule has 0 bridgehead atoms. The van der Waals surface area contributed by atoms with Gasteiger partial charge in [-0.1, -0.05) is 11.3 Å². The van der Waals surface area contributed by atoms with Crippen molar-refractivity contribution >= 4 is 32.4 Å². The van der Waals surface area contributed by atoms with Crippen molar-refractivity contribution in [2.24, 2.45) is 11.7 Å². The Balaban J connectivity index is 2.20. The third-order valence-electron chi connectivity index (χ3n) is 3.16. The molecule has 10 heteroatoms. The van der Waals surface area contributed by atoms with Gasteiger partial charge in [0.05, 0.1) is 0 Å². The predicted octanol–water partition coefficient (Wildman–Crippen LogP) is -0.146. The van der Waals surface area contributed by atoms with Gasteiger partial charge in [-0.2, -0.15) is 4.31 Å². The first-order chi connectivity index (χ1) is 9.36. The molecule has 0 radical (unpaired) electrons. The summed E-state index contributed by atoms with van der Waals surface area (Å²) in [6.45, 7) is 1.59. The van der Waals surface area contributed by atoms with Crippen LogP contribution < -0.4 is 11.1 Å². The Morgan fingerprint density at radius 3 is 2.70 bits per heavy atom. The Kier molecular flexibility index (Phi) is 4.37. The summed E-state index contributed by atoms with van der Waals surface area (Å²) in [6.07, 6.45) is 1.99. The van der Waals surface area contributed by atoms with Gasteiger partial charge < -0.3 is 11.1 Å². The molecule has 1 atom stereocenters. The van der Waals surface area contributed by atoms with Gasteiger partial charge in [-0.3, -0.25) is 4.79 Å². The van der Waals surface area contributed by atoms with E-state index in [2.05, 4.69) is 15.5 Å². The molecule has 20 heavy (non-hydrogen) atoms. The normalized spacial score (nSPS) is 17.2. The van der Waals surface area contributed by atoms with Crippen molar-refractivity contribution in [2.75, 3.05) is 18.9 Å². The van der Waals surface area contributed by atoms with Gasteiger partial charge in [-0.05, 0) is 18.8 Å². The standard InChI is InChI=1S/C10H17N5O3S2/c1-6(16)12-9-13-14-10(19-9)20(17,18)15(2)8(5-11)7-3-4-7/h7-8H,3-5,11H2,1-2H3,(H,12,13,16). The van der Waals surface area contributed by atoms with Gasteiger partial charge in [-0.25, -0.2) is 8.42 Å². The van der Waals surface area contributed by atoms with E-state index in [1.165, 1.54) is 18.3 Å². The Hall–Kier alpha value is -1.10. The van der Waals surface area contributed by atoms with Gasteiger partial charge in [0.25, 0.3) is 10.0 Å². The Morgan fingerprint density at radius 2 is 2.20 bits per heavy atom. The lowest BCUT2D eigenvalue weighted by atomic mass is 10.2. The maximum Gasteiger partial charge on any atom is 0.272 e. The number of hydrogen-bond donors (Lipinski definition) is 2. The first kappa shape index (κ1) is 15.3. The number of sulfonamides is 1. The molecule has 0 aliphatic heterocycles. The van der Waals surface area contributed by atoms with Crippen LogP contribution in [0.3, 0.4) is 0 Å². The Morgan fingerprint density at radius 1 is 1.55 bits per heavy atom. The van der Waals surface area contributed by atoms with E-state index >= 15 is 0 Å². The van der Waals surface area contributed by atoms with Crippen LogP contribution in [0, 0.1) is 5.92 Å². The van der Waals surface area contributed by atoms with E-state index in [-0.39, 0.29) is 28.0 Å². The largest absolute Gasteiger partial charge is 0.329 e. The highest BCUT2D eigenvalue weighted by Crippen LogP contribution is 2.36. The van der Waals surface area contributed by atoms with Crippen LogP contribution in [0.2, 0.25) is 0 Å². The maximum absolute atomic E-state index is 12.4. The molecular formula is C10H17N5O3S2. The molecule has 1 heterocycles. The second-order valence-electron chi connectivity index (χ2n) is 4.72. The van der Waals surface area contributed by atoms with Crippen molar-refractivity contribution in [3.63, 3.8) is 0 Å². The average molecular weight is 319 g/mol. The molecular weight excluding hydrogens is 302 g/mol. The number of carbonyl (C=O) groups excluding carboxylic acids is 1. The number of carbonyl (C=O) groups is 1. The smallest absolute Gasteiger partial charge is 0.272 e. The summed E-state index contributed by atoms with van der Waals surface area (Å²) in [4.78, 5) is 10.9. The van der Waals surface area contributed by atoms with Crippen molar-refractivity contribution in [3.05, 3.63) is 0 Å². The molecule has 1 fully saturated rings.